The third kappa shape index (κ3) is 25.7. The Hall–Kier alpha value is -2.57. The predicted molar refractivity (Wildman–Crippen MR) is 113 cm³/mol. The lowest BCUT2D eigenvalue weighted by atomic mass is 10.2. The lowest BCUT2D eigenvalue weighted by molar-refractivity contribution is 0.124. The molecule has 5 nitrogen and oxygen atoms in total. The number of hydrogen-bond acceptors (Lipinski definition) is 4. The molecule has 0 unspecified atom stereocenters. The van der Waals surface area contributed by atoms with E-state index in [4.69, 9.17) is 10.2 Å². The first-order valence-corrected chi connectivity index (χ1v) is 9.57. The van der Waals surface area contributed by atoms with E-state index < -0.39 is 0 Å². The largest absolute Gasteiger partial charge is 0.450 e. The number of aliphatic hydroxyl groups is 2. The van der Waals surface area contributed by atoms with Gasteiger partial charge in [0.25, 0.3) is 0 Å². The molecule has 5 heteroatoms. The zero-order valence-electron chi connectivity index (χ0n) is 17.4. The van der Waals surface area contributed by atoms with Gasteiger partial charge in [0.15, 0.2) is 0 Å². The van der Waals surface area contributed by atoms with Crippen LogP contribution in [0, 0.1) is 47.4 Å². The first-order chi connectivity index (χ1) is 13.6. The van der Waals surface area contributed by atoms with Crippen LogP contribution in [0.15, 0.2) is 0 Å². The normalized spacial score (nSPS) is 8.04. The van der Waals surface area contributed by atoms with Gasteiger partial charge in [-0.15, -0.1) is 0 Å². The summed E-state index contributed by atoms with van der Waals surface area (Å²) in [6.07, 6.45) is 6.18. The molecule has 0 aromatic heterocycles. The average Bonchev–Trinajstić information content (AvgIpc) is 2.68. The van der Waals surface area contributed by atoms with Crippen LogP contribution in [0.1, 0.15) is 58.3 Å². The summed E-state index contributed by atoms with van der Waals surface area (Å²) >= 11 is 0. The minimum Gasteiger partial charge on any atom is -0.450 e. The molecule has 0 aliphatic heterocycles. The van der Waals surface area contributed by atoms with Gasteiger partial charge in [0.1, 0.15) is 0 Å². The fraction of sp³-hybridized carbons (Fsp3) is 0.609. The van der Waals surface area contributed by atoms with Crippen LogP contribution in [-0.2, 0) is 4.74 Å². The number of aliphatic hydroxyl groups excluding tert-OH is 2. The molecule has 0 heterocycles. The van der Waals surface area contributed by atoms with Crippen LogP contribution in [0.2, 0.25) is 0 Å². The summed E-state index contributed by atoms with van der Waals surface area (Å²) in [6.45, 7) is 2.69. The minimum atomic E-state index is -0.285. The van der Waals surface area contributed by atoms with E-state index in [0.717, 1.165) is 38.5 Å². The van der Waals surface area contributed by atoms with Crippen LogP contribution in [0.4, 0.5) is 4.79 Å². The van der Waals surface area contributed by atoms with E-state index in [1.54, 1.807) is 21.0 Å². The van der Waals surface area contributed by atoms with Crippen molar-refractivity contribution in [3.05, 3.63) is 0 Å². The van der Waals surface area contributed by atoms with E-state index in [1.165, 1.54) is 4.90 Å². The van der Waals surface area contributed by atoms with Gasteiger partial charge >= 0.3 is 6.09 Å². The van der Waals surface area contributed by atoms with Gasteiger partial charge in [0.05, 0.1) is 6.61 Å². The van der Waals surface area contributed by atoms with E-state index in [2.05, 4.69) is 52.1 Å². The molecule has 28 heavy (non-hydrogen) atoms. The molecule has 0 saturated carbocycles. The van der Waals surface area contributed by atoms with E-state index >= 15 is 0 Å². The maximum Gasteiger partial charge on any atom is 0.409 e. The van der Waals surface area contributed by atoms with Crippen LogP contribution in [0.3, 0.4) is 0 Å². The topological polar surface area (TPSA) is 70.0 Å². The Morgan fingerprint density at radius 2 is 1.14 bits per heavy atom. The number of ether oxygens (including phenoxy) is 1. The molecule has 2 N–H and O–H groups in total. The fourth-order valence-corrected chi connectivity index (χ4v) is 1.45. The fourth-order valence-electron chi connectivity index (χ4n) is 1.45. The highest BCUT2D eigenvalue weighted by atomic mass is 16.5. The SMILES string of the molecule is CCOC(=O)N(C)C.OCCCCC#CC#CCCC#CC#CCCCCO. The number of unbranched alkanes of at least 4 members (excludes halogenated alkanes) is 5. The maximum absolute atomic E-state index is 10.4. The zero-order valence-corrected chi connectivity index (χ0v) is 17.4. The summed E-state index contributed by atoms with van der Waals surface area (Å²) in [4.78, 5) is 11.8. The monoisotopic (exact) mass is 387 g/mol. The van der Waals surface area contributed by atoms with Crippen molar-refractivity contribution in [2.75, 3.05) is 33.9 Å². The Kier molecular flexibility index (Phi) is 24.1. The van der Waals surface area contributed by atoms with Crippen LogP contribution >= 0.6 is 0 Å². The van der Waals surface area contributed by atoms with Crippen LogP contribution in [0.5, 0.6) is 0 Å². The molecule has 0 saturated heterocycles. The Labute approximate surface area is 170 Å². The van der Waals surface area contributed by atoms with Gasteiger partial charge < -0.3 is 19.8 Å². The van der Waals surface area contributed by atoms with Crippen molar-refractivity contribution in [3.8, 4) is 47.4 Å². The van der Waals surface area contributed by atoms with E-state index in [9.17, 15) is 4.79 Å². The summed E-state index contributed by atoms with van der Waals surface area (Å²) < 4.78 is 4.59. The lowest BCUT2D eigenvalue weighted by Crippen LogP contribution is -2.22. The second-order valence-electron chi connectivity index (χ2n) is 5.66. The lowest BCUT2D eigenvalue weighted by Gasteiger charge is -2.07. The standard InChI is InChI=1S/C18H22O2.C5H11NO2/c19-17-15-13-11-9-7-5-3-1-2-4-6-8-10-12-14-16-18-20;1-4-8-5(7)6(2)3/h19-20H,1-2,11-18H2;4H2,1-3H3. The summed E-state index contributed by atoms with van der Waals surface area (Å²) in [6, 6.07) is 0. The average molecular weight is 388 g/mol. The van der Waals surface area contributed by atoms with Crippen molar-refractivity contribution >= 4 is 6.09 Å². The third-order valence-corrected chi connectivity index (χ3v) is 2.91. The van der Waals surface area contributed by atoms with Crippen molar-refractivity contribution in [1.29, 1.82) is 0 Å². The summed E-state index contributed by atoms with van der Waals surface area (Å²) in [5.41, 5.74) is 0. The highest BCUT2D eigenvalue weighted by Crippen LogP contribution is 1.91. The highest BCUT2D eigenvalue weighted by molar-refractivity contribution is 5.66. The highest BCUT2D eigenvalue weighted by Gasteiger charge is 1.99. The first kappa shape index (κ1) is 27.6. The second-order valence-corrected chi connectivity index (χ2v) is 5.66. The van der Waals surface area contributed by atoms with E-state index in [1.807, 2.05) is 0 Å². The number of carbonyl (C=O) groups is 1. The quantitative estimate of drug-likeness (QED) is 0.496. The van der Waals surface area contributed by atoms with Gasteiger partial charge in [0, 0.05) is 53.0 Å². The number of amides is 1. The van der Waals surface area contributed by atoms with Gasteiger partial charge in [-0.2, -0.15) is 0 Å². The van der Waals surface area contributed by atoms with Crippen LogP contribution < -0.4 is 0 Å². The molecule has 0 rings (SSSR count). The van der Waals surface area contributed by atoms with Gasteiger partial charge in [-0.05, 0) is 56.3 Å². The summed E-state index contributed by atoms with van der Waals surface area (Å²) in [5.74, 6) is 22.9. The maximum atomic E-state index is 10.4. The third-order valence-electron chi connectivity index (χ3n) is 2.91. The van der Waals surface area contributed by atoms with Crippen LogP contribution in [-0.4, -0.2) is 55.1 Å². The van der Waals surface area contributed by atoms with Crippen molar-refractivity contribution in [2.45, 2.75) is 58.3 Å². The van der Waals surface area contributed by atoms with Crippen LogP contribution in [0.25, 0.3) is 0 Å². The predicted octanol–water partition coefficient (Wildman–Crippen LogP) is 2.81. The van der Waals surface area contributed by atoms with E-state index in [0.29, 0.717) is 19.4 Å². The number of hydrogen-bond donors (Lipinski definition) is 2. The first-order valence-electron chi connectivity index (χ1n) is 9.57. The smallest absolute Gasteiger partial charge is 0.409 e. The molecular formula is C23H33NO4. The molecule has 0 radical (unpaired) electrons. The Morgan fingerprint density at radius 1 is 0.750 bits per heavy atom. The number of nitrogens with zero attached hydrogens (tertiary/aromatic N) is 1. The molecule has 0 aliphatic carbocycles. The van der Waals surface area contributed by atoms with Crippen molar-refractivity contribution in [3.63, 3.8) is 0 Å². The molecule has 0 bridgehead atoms. The van der Waals surface area contributed by atoms with Crippen molar-refractivity contribution in [2.24, 2.45) is 0 Å². The summed E-state index contributed by atoms with van der Waals surface area (Å²) in [7, 11) is 3.30. The van der Waals surface area contributed by atoms with Gasteiger partial charge in [-0.1, -0.05) is 23.7 Å². The van der Waals surface area contributed by atoms with Gasteiger partial charge in [0.2, 0.25) is 0 Å². The molecular weight excluding hydrogens is 354 g/mol. The Morgan fingerprint density at radius 3 is 1.43 bits per heavy atom. The van der Waals surface area contributed by atoms with Gasteiger partial charge in [-0.25, -0.2) is 4.79 Å². The number of rotatable bonds is 8. The Balaban J connectivity index is 0. The molecule has 0 aromatic carbocycles. The second kappa shape index (κ2) is 24.4. The zero-order chi connectivity index (χ0) is 21.3. The molecule has 154 valence electrons. The van der Waals surface area contributed by atoms with Gasteiger partial charge in [-0.3, -0.25) is 0 Å². The molecule has 0 fully saturated rings. The minimum absolute atomic E-state index is 0.232. The molecule has 0 spiro atoms. The Bertz CT molecular complexity index is 578. The molecule has 0 aromatic rings. The number of carbonyl (C=O) groups excluding carboxylic acids is 1. The summed E-state index contributed by atoms with van der Waals surface area (Å²) in [5, 5.41) is 17.1. The molecule has 1 amide bonds. The van der Waals surface area contributed by atoms with E-state index in [-0.39, 0.29) is 19.3 Å². The van der Waals surface area contributed by atoms with Crippen molar-refractivity contribution in [1.82, 2.24) is 4.90 Å². The van der Waals surface area contributed by atoms with Crippen molar-refractivity contribution < 1.29 is 19.7 Å². The molecule has 0 atom stereocenters. The molecule has 0 aliphatic rings.